The molecule has 25 heavy (non-hydrogen) atoms. The SMILES string of the molecule is CCNC(=NCC(C)Oc1ccc(F)cc1)NCC1CCCN1C.I. The lowest BCUT2D eigenvalue weighted by molar-refractivity contribution is 0.230. The summed E-state index contributed by atoms with van der Waals surface area (Å²) in [5, 5.41) is 6.68. The first-order valence-corrected chi connectivity index (χ1v) is 8.73. The van der Waals surface area contributed by atoms with Gasteiger partial charge in [0.1, 0.15) is 17.7 Å². The molecule has 0 spiro atoms. The number of hydrogen-bond donors (Lipinski definition) is 2. The van der Waals surface area contributed by atoms with Gasteiger partial charge in [-0.1, -0.05) is 0 Å². The molecule has 2 rings (SSSR count). The number of halogens is 2. The van der Waals surface area contributed by atoms with Crippen LogP contribution in [0.1, 0.15) is 26.7 Å². The molecule has 1 aromatic rings. The van der Waals surface area contributed by atoms with E-state index in [4.69, 9.17) is 4.74 Å². The number of likely N-dealkylation sites (tertiary alicyclic amines) is 1. The molecule has 1 fully saturated rings. The van der Waals surface area contributed by atoms with E-state index in [9.17, 15) is 4.39 Å². The molecule has 0 aliphatic carbocycles. The molecule has 7 heteroatoms. The normalized spacial score (nSPS) is 19.2. The maximum absolute atomic E-state index is 12.9. The van der Waals surface area contributed by atoms with Gasteiger partial charge in [0.15, 0.2) is 5.96 Å². The second-order valence-corrected chi connectivity index (χ2v) is 6.26. The van der Waals surface area contributed by atoms with Crippen molar-refractivity contribution in [2.75, 3.05) is 33.2 Å². The van der Waals surface area contributed by atoms with Crippen LogP contribution in [-0.2, 0) is 0 Å². The summed E-state index contributed by atoms with van der Waals surface area (Å²) in [6.07, 6.45) is 2.41. The van der Waals surface area contributed by atoms with Crippen LogP contribution in [-0.4, -0.2) is 56.2 Å². The molecule has 2 unspecified atom stereocenters. The molecule has 5 nitrogen and oxygen atoms in total. The molecule has 0 bridgehead atoms. The predicted molar refractivity (Wildman–Crippen MR) is 112 cm³/mol. The molecule has 1 saturated heterocycles. The zero-order chi connectivity index (χ0) is 17.4. The lowest BCUT2D eigenvalue weighted by atomic mass is 10.2. The first-order chi connectivity index (χ1) is 11.6. The third-order valence-corrected chi connectivity index (χ3v) is 4.18. The Hall–Kier alpha value is -1.09. The molecule has 2 atom stereocenters. The molecule has 0 amide bonds. The minimum atomic E-state index is -0.261. The fraction of sp³-hybridized carbons (Fsp3) is 0.611. The van der Waals surface area contributed by atoms with Crippen molar-refractivity contribution < 1.29 is 9.13 Å². The van der Waals surface area contributed by atoms with E-state index in [0.29, 0.717) is 18.3 Å². The van der Waals surface area contributed by atoms with Crippen LogP contribution < -0.4 is 15.4 Å². The fourth-order valence-corrected chi connectivity index (χ4v) is 2.80. The Morgan fingerprint density at radius 1 is 1.36 bits per heavy atom. The van der Waals surface area contributed by atoms with Crippen LogP contribution in [0, 0.1) is 5.82 Å². The molecular weight excluding hydrogens is 434 g/mol. The van der Waals surface area contributed by atoms with Crippen molar-refractivity contribution in [3.05, 3.63) is 30.1 Å². The van der Waals surface area contributed by atoms with Crippen molar-refractivity contribution in [1.82, 2.24) is 15.5 Å². The lowest BCUT2D eigenvalue weighted by Gasteiger charge is -2.21. The van der Waals surface area contributed by atoms with Gasteiger partial charge in [-0.25, -0.2) is 9.38 Å². The third-order valence-electron chi connectivity index (χ3n) is 4.18. The summed E-state index contributed by atoms with van der Waals surface area (Å²) in [4.78, 5) is 6.98. The maximum atomic E-state index is 12.9. The Morgan fingerprint density at radius 3 is 2.68 bits per heavy atom. The second-order valence-electron chi connectivity index (χ2n) is 6.26. The standard InChI is InChI=1S/C18H29FN4O.HI/c1-4-20-18(22-13-16-6-5-11-23(16)3)21-12-14(2)24-17-9-7-15(19)8-10-17;/h7-10,14,16H,4-6,11-13H2,1-3H3,(H2,20,21,22);1H. The summed E-state index contributed by atoms with van der Waals surface area (Å²) in [6.45, 7) is 7.43. The molecule has 0 saturated carbocycles. The Bertz CT molecular complexity index is 526. The van der Waals surface area contributed by atoms with Crippen molar-refractivity contribution in [3.8, 4) is 5.75 Å². The summed E-state index contributed by atoms with van der Waals surface area (Å²) in [5.41, 5.74) is 0. The van der Waals surface area contributed by atoms with Gasteiger partial charge in [-0.2, -0.15) is 0 Å². The summed E-state index contributed by atoms with van der Waals surface area (Å²) in [5.74, 6) is 1.21. The molecule has 2 N–H and O–H groups in total. The first-order valence-electron chi connectivity index (χ1n) is 8.73. The van der Waals surface area contributed by atoms with Gasteiger partial charge < -0.3 is 20.3 Å². The van der Waals surface area contributed by atoms with Crippen molar-refractivity contribution in [3.63, 3.8) is 0 Å². The van der Waals surface area contributed by atoms with Crippen molar-refractivity contribution in [2.45, 2.75) is 38.8 Å². The number of nitrogens with zero attached hydrogens (tertiary/aromatic N) is 2. The van der Waals surface area contributed by atoms with E-state index in [1.54, 1.807) is 12.1 Å². The van der Waals surface area contributed by atoms with E-state index in [0.717, 1.165) is 19.0 Å². The molecule has 0 radical (unpaired) electrons. The van der Waals surface area contributed by atoms with Crippen LogP contribution in [0.5, 0.6) is 5.75 Å². The van der Waals surface area contributed by atoms with Gasteiger partial charge >= 0.3 is 0 Å². The molecule has 1 heterocycles. The van der Waals surface area contributed by atoms with E-state index in [2.05, 4.69) is 34.5 Å². The minimum absolute atomic E-state index is 0. The van der Waals surface area contributed by atoms with Crippen LogP contribution >= 0.6 is 24.0 Å². The van der Waals surface area contributed by atoms with E-state index < -0.39 is 0 Å². The zero-order valence-corrected chi connectivity index (χ0v) is 17.6. The Kier molecular flexibility index (Phi) is 10.1. The number of likely N-dealkylation sites (N-methyl/N-ethyl adjacent to an activating group) is 1. The number of ether oxygens (including phenoxy) is 1. The van der Waals surface area contributed by atoms with Crippen molar-refractivity contribution >= 4 is 29.9 Å². The maximum Gasteiger partial charge on any atom is 0.191 e. The average molecular weight is 464 g/mol. The highest BCUT2D eigenvalue weighted by molar-refractivity contribution is 14.0. The molecule has 1 aromatic carbocycles. The summed E-state index contributed by atoms with van der Waals surface area (Å²) in [6, 6.07) is 6.63. The summed E-state index contributed by atoms with van der Waals surface area (Å²) >= 11 is 0. The highest BCUT2D eigenvalue weighted by atomic mass is 127. The Morgan fingerprint density at radius 2 is 2.08 bits per heavy atom. The molecule has 1 aliphatic rings. The van der Waals surface area contributed by atoms with E-state index in [1.807, 2.05) is 6.92 Å². The number of guanidine groups is 1. The number of nitrogens with one attached hydrogen (secondary N) is 2. The zero-order valence-electron chi connectivity index (χ0n) is 15.3. The van der Waals surface area contributed by atoms with E-state index >= 15 is 0 Å². The van der Waals surface area contributed by atoms with E-state index in [1.165, 1.54) is 31.5 Å². The van der Waals surface area contributed by atoms with Gasteiger partial charge in [0.2, 0.25) is 0 Å². The summed E-state index contributed by atoms with van der Waals surface area (Å²) in [7, 11) is 2.17. The van der Waals surface area contributed by atoms with Gasteiger partial charge in [-0.05, 0) is 64.5 Å². The quantitative estimate of drug-likeness (QED) is 0.370. The monoisotopic (exact) mass is 464 g/mol. The number of rotatable bonds is 7. The minimum Gasteiger partial charge on any atom is -0.489 e. The second kappa shape index (κ2) is 11.5. The van der Waals surface area contributed by atoms with Gasteiger partial charge in [0.25, 0.3) is 0 Å². The predicted octanol–water partition coefficient (Wildman–Crippen LogP) is 2.86. The molecule has 142 valence electrons. The van der Waals surface area contributed by atoms with Gasteiger partial charge in [-0.15, -0.1) is 24.0 Å². The first kappa shape index (κ1) is 22.0. The van der Waals surface area contributed by atoms with Gasteiger partial charge in [0.05, 0.1) is 6.54 Å². The van der Waals surface area contributed by atoms with Crippen LogP contribution in [0.2, 0.25) is 0 Å². The number of benzene rings is 1. The van der Waals surface area contributed by atoms with Crippen LogP contribution in [0.25, 0.3) is 0 Å². The number of aliphatic imine (C=N–C) groups is 1. The smallest absolute Gasteiger partial charge is 0.191 e. The highest BCUT2D eigenvalue weighted by Crippen LogP contribution is 2.14. The Balaban J connectivity index is 0.00000312. The average Bonchev–Trinajstić information content (AvgIpc) is 2.97. The Labute approximate surface area is 167 Å². The van der Waals surface area contributed by atoms with Gasteiger partial charge in [0, 0.05) is 19.1 Å². The summed E-state index contributed by atoms with van der Waals surface area (Å²) < 4.78 is 18.7. The topological polar surface area (TPSA) is 48.9 Å². The van der Waals surface area contributed by atoms with Crippen LogP contribution in [0.15, 0.2) is 29.3 Å². The van der Waals surface area contributed by atoms with Gasteiger partial charge in [-0.3, -0.25) is 0 Å². The molecule has 0 aromatic heterocycles. The third kappa shape index (κ3) is 7.77. The lowest BCUT2D eigenvalue weighted by Crippen LogP contribution is -2.44. The van der Waals surface area contributed by atoms with E-state index in [-0.39, 0.29) is 35.9 Å². The van der Waals surface area contributed by atoms with Crippen LogP contribution in [0.4, 0.5) is 4.39 Å². The van der Waals surface area contributed by atoms with Crippen LogP contribution in [0.3, 0.4) is 0 Å². The molecular formula is C18H30FIN4O. The van der Waals surface area contributed by atoms with Crippen molar-refractivity contribution in [2.24, 2.45) is 4.99 Å². The largest absolute Gasteiger partial charge is 0.489 e. The molecule has 1 aliphatic heterocycles. The van der Waals surface area contributed by atoms with Crippen molar-refractivity contribution in [1.29, 1.82) is 0 Å². The highest BCUT2D eigenvalue weighted by Gasteiger charge is 2.20. The number of hydrogen-bond acceptors (Lipinski definition) is 3. The fourth-order valence-electron chi connectivity index (χ4n) is 2.80.